The number of aromatic nitrogens is 4. The van der Waals surface area contributed by atoms with E-state index in [1.165, 1.54) is 36.3 Å². The van der Waals surface area contributed by atoms with Crippen LogP contribution in [0.15, 0.2) is 53.4 Å². The van der Waals surface area contributed by atoms with Crippen molar-refractivity contribution in [2.45, 2.75) is 44.3 Å². The molecule has 1 aliphatic rings. The summed E-state index contributed by atoms with van der Waals surface area (Å²) in [7, 11) is 0. The van der Waals surface area contributed by atoms with E-state index >= 15 is 0 Å². The van der Waals surface area contributed by atoms with E-state index in [2.05, 4.69) is 50.8 Å². The first-order chi connectivity index (χ1) is 15.6. The minimum atomic E-state index is -0.143. The number of benzene rings is 2. The molecule has 1 N–H and O–H groups in total. The van der Waals surface area contributed by atoms with E-state index in [0.717, 1.165) is 28.5 Å². The van der Waals surface area contributed by atoms with Gasteiger partial charge < -0.3 is 5.32 Å². The minimum absolute atomic E-state index is 0.0416. The molecule has 8 heteroatoms. The predicted molar refractivity (Wildman–Crippen MR) is 127 cm³/mol. The maximum Gasteiger partial charge on any atom is 0.243 e. The second kappa shape index (κ2) is 10.7. The fourth-order valence-electron chi connectivity index (χ4n) is 3.89. The number of amides is 1. The van der Waals surface area contributed by atoms with Crippen LogP contribution in [0.1, 0.15) is 30.9 Å². The summed E-state index contributed by atoms with van der Waals surface area (Å²) >= 11 is 1.67. The molecule has 1 aliphatic heterocycles. The van der Waals surface area contributed by atoms with Gasteiger partial charge in [-0.3, -0.25) is 9.69 Å². The molecule has 0 saturated carbocycles. The lowest BCUT2D eigenvalue weighted by molar-refractivity contribution is -0.122. The van der Waals surface area contributed by atoms with E-state index in [0.29, 0.717) is 12.4 Å². The minimum Gasteiger partial charge on any atom is -0.350 e. The Morgan fingerprint density at radius 3 is 2.62 bits per heavy atom. The van der Waals surface area contributed by atoms with Gasteiger partial charge in [0.15, 0.2) is 0 Å². The maximum atomic E-state index is 12.3. The van der Waals surface area contributed by atoms with Crippen molar-refractivity contribution in [3.8, 4) is 11.4 Å². The van der Waals surface area contributed by atoms with Crippen LogP contribution in [0.4, 0.5) is 0 Å². The molecule has 0 bridgehead atoms. The fourth-order valence-corrected chi connectivity index (χ4v) is 4.51. The number of thioether (sulfide) groups is 1. The van der Waals surface area contributed by atoms with E-state index in [1.807, 2.05) is 36.6 Å². The van der Waals surface area contributed by atoms with Crippen LogP contribution in [0.2, 0.25) is 0 Å². The Morgan fingerprint density at radius 2 is 1.88 bits per heavy atom. The van der Waals surface area contributed by atoms with Gasteiger partial charge in [-0.15, -0.1) is 22.0 Å². The summed E-state index contributed by atoms with van der Waals surface area (Å²) in [5.41, 5.74) is 3.29. The monoisotopic (exact) mass is 450 g/mol. The summed E-state index contributed by atoms with van der Waals surface area (Å²) in [6.07, 6.45) is 4.59. The first-order valence-corrected chi connectivity index (χ1v) is 12.3. The standard InChI is InChI=1S/C24H30N6OS/c1-18-11-13-29(14-12-18)16-19-7-9-20(10-8-19)24-26-28-30(27-24)17-23(31)25-15-21-5-3-4-6-22(21)32-2/h3-10,18H,11-17H2,1-2H3,(H,25,31). The summed E-state index contributed by atoms with van der Waals surface area (Å²) in [5, 5.41) is 15.5. The van der Waals surface area contributed by atoms with Gasteiger partial charge in [0.1, 0.15) is 6.54 Å². The zero-order valence-electron chi connectivity index (χ0n) is 18.7. The van der Waals surface area contributed by atoms with Crippen molar-refractivity contribution in [2.75, 3.05) is 19.3 Å². The lowest BCUT2D eigenvalue weighted by atomic mass is 9.99. The zero-order valence-corrected chi connectivity index (χ0v) is 19.5. The van der Waals surface area contributed by atoms with Crippen molar-refractivity contribution < 1.29 is 4.79 Å². The molecule has 1 aromatic heterocycles. The first kappa shape index (κ1) is 22.5. The molecule has 3 aromatic rings. The number of nitrogens with zero attached hydrogens (tertiary/aromatic N) is 5. The maximum absolute atomic E-state index is 12.3. The van der Waals surface area contributed by atoms with E-state index in [9.17, 15) is 4.79 Å². The fraction of sp³-hybridized carbons (Fsp3) is 0.417. The Hall–Kier alpha value is -2.71. The molecular weight excluding hydrogens is 420 g/mol. The number of likely N-dealkylation sites (tertiary alicyclic amines) is 1. The highest BCUT2D eigenvalue weighted by atomic mass is 32.2. The Balaban J connectivity index is 1.29. The smallest absolute Gasteiger partial charge is 0.243 e. The third-order valence-electron chi connectivity index (χ3n) is 5.90. The highest BCUT2D eigenvalue weighted by Crippen LogP contribution is 2.21. The van der Waals surface area contributed by atoms with Gasteiger partial charge in [0.05, 0.1) is 0 Å². The largest absolute Gasteiger partial charge is 0.350 e. The van der Waals surface area contributed by atoms with E-state index in [-0.39, 0.29) is 12.5 Å². The van der Waals surface area contributed by atoms with Crippen molar-refractivity contribution in [1.29, 1.82) is 0 Å². The van der Waals surface area contributed by atoms with Crippen molar-refractivity contribution in [3.05, 3.63) is 59.7 Å². The number of hydrogen-bond acceptors (Lipinski definition) is 6. The number of hydrogen-bond donors (Lipinski definition) is 1. The highest BCUT2D eigenvalue weighted by molar-refractivity contribution is 7.98. The molecule has 7 nitrogen and oxygen atoms in total. The molecular formula is C24H30N6OS. The molecule has 0 atom stereocenters. The summed E-state index contributed by atoms with van der Waals surface area (Å²) in [6, 6.07) is 16.4. The van der Waals surface area contributed by atoms with Gasteiger partial charge in [-0.25, -0.2) is 0 Å². The average molecular weight is 451 g/mol. The van der Waals surface area contributed by atoms with Crippen LogP contribution in [0, 0.1) is 5.92 Å². The Kier molecular flexibility index (Phi) is 7.55. The number of carbonyl (C=O) groups is 1. The first-order valence-electron chi connectivity index (χ1n) is 11.1. The molecule has 0 aliphatic carbocycles. The summed E-state index contributed by atoms with van der Waals surface area (Å²) in [6.45, 7) is 6.18. The molecule has 2 heterocycles. The topological polar surface area (TPSA) is 75.9 Å². The Labute approximate surface area is 193 Å². The zero-order chi connectivity index (χ0) is 22.3. The van der Waals surface area contributed by atoms with Crippen molar-refractivity contribution in [1.82, 2.24) is 30.4 Å². The number of rotatable bonds is 8. The van der Waals surface area contributed by atoms with Gasteiger partial charge in [-0.05, 0) is 60.5 Å². The van der Waals surface area contributed by atoms with Gasteiger partial charge in [-0.2, -0.15) is 4.80 Å². The van der Waals surface area contributed by atoms with Gasteiger partial charge in [-0.1, -0.05) is 49.4 Å². The Bertz CT molecular complexity index is 1030. The normalized spacial score (nSPS) is 15.1. The van der Waals surface area contributed by atoms with Crippen molar-refractivity contribution in [2.24, 2.45) is 5.92 Å². The molecule has 0 radical (unpaired) electrons. The third-order valence-corrected chi connectivity index (χ3v) is 6.74. The van der Waals surface area contributed by atoms with Gasteiger partial charge >= 0.3 is 0 Å². The molecule has 32 heavy (non-hydrogen) atoms. The molecule has 0 unspecified atom stereocenters. The number of nitrogens with one attached hydrogen (secondary N) is 1. The number of carbonyl (C=O) groups excluding carboxylic acids is 1. The number of piperidine rings is 1. The van der Waals surface area contributed by atoms with Gasteiger partial charge in [0, 0.05) is 23.5 Å². The molecule has 1 amide bonds. The molecule has 4 rings (SSSR count). The predicted octanol–water partition coefficient (Wildman–Crippen LogP) is 3.61. The third kappa shape index (κ3) is 5.95. The van der Waals surface area contributed by atoms with Crippen LogP contribution < -0.4 is 5.32 Å². The van der Waals surface area contributed by atoms with E-state index < -0.39 is 0 Å². The SMILES string of the molecule is CSc1ccccc1CNC(=O)Cn1nnc(-c2ccc(CN3CCC(C)CC3)cc2)n1. The van der Waals surface area contributed by atoms with Crippen LogP contribution >= 0.6 is 11.8 Å². The lowest BCUT2D eigenvalue weighted by Crippen LogP contribution is -2.32. The van der Waals surface area contributed by atoms with Crippen LogP contribution in [0.3, 0.4) is 0 Å². The Morgan fingerprint density at radius 1 is 1.12 bits per heavy atom. The number of tetrazole rings is 1. The van der Waals surface area contributed by atoms with Crippen molar-refractivity contribution >= 4 is 17.7 Å². The molecule has 2 aromatic carbocycles. The molecule has 168 valence electrons. The summed E-state index contributed by atoms with van der Waals surface area (Å²) in [4.78, 5) is 17.3. The quantitative estimate of drug-likeness (QED) is 0.529. The summed E-state index contributed by atoms with van der Waals surface area (Å²) in [5.74, 6) is 1.23. The molecule has 1 saturated heterocycles. The average Bonchev–Trinajstić information content (AvgIpc) is 3.28. The highest BCUT2D eigenvalue weighted by Gasteiger charge is 2.16. The second-order valence-corrected chi connectivity index (χ2v) is 9.24. The van der Waals surface area contributed by atoms with Crippen LogP contribution in [-0.2, 0) is 24.4 Å². The summed E-state index contributed by atoms with van der Waals surface area (Å²) < 4.78 is 0. The van der Waals surface area contributed by atoms with E-state index in [4.69, 9.17) is 0 Å². The van der Waals surface area contributed by atoms with Crippen molar-refractivity contribution in [3.63, 3.8) is 0 Å². The van der Waals surface area contributed by atoms with E-state index in [1.54, 1.807) is 11.8 Å². The molecule has 1 fully saturated rings. The lowest BCUT2D eigenvalue weighted by Gasteiger charge is -2.30. The van der Waals surface area contributed by atoms with Gasteiger partial charge in [0.2, 0.25) is 11.7 Å². The van der Waals surface area contributed by atoms with Crippen LogP contribution in [0.25, 0.3) is 11.4 Å². The molecule has 0 spiro atoms. The van der Waals surface area contributed by atoms with Gasteiger partial charge in [0.25, 0.3) is 0 Å². The van der Waals surface area contributed by atoms with Crippen LogP contribution in [0.5, 0.6) is 0 Å². The van der Waals surface area contributed by atoms with Crippen LogP contribution in [-0.4, -0.2) is 50.4 Å². The second-order valence-electron chi connectivity index (χ2n) is 8.39.